The van der Waals surface area contributed by atoms with Crippen LogP contribution in [-0.4, -0.2) is 62.3 Å². The Kier molecular flexibility index (Phi) is 5.31. The summed E-state index contributed by atoms with van der Waals surface area (Å²) in [5.41, 5.74) is 0. The number of hydrogen-bond acceptors (Lipinski definition) is 1. The molecule has 0 rings (SSSR count). The van der Waals surface area contributed by atoms with Gasteiger partial charge < -0.3 is 0 Å². The van der Waals surface area contributed by atoms with Gasteiger partial charge in [0, 0.05) is 13.1 Å². The van der Waals surface area contributed by atoms with Crippen molar-refractivity contribution in [2.45, 2.75) is 19.9 Å². The fourth-order valence-corrected chi connectivity index (χ4v) is 5.19. The average molecular weight is 220 g/mol. The number of nitrogens with zero attached hydrogens (tertiary/aromatic N) is 4. The van der Waals surface area contributed by atoms with Crippen molar-refractivity contribution in [3.8, 4) is 0 Å². The van der Waals surface area contributed by atoms with E-state index in [1.807, 2.05) is 7.05 Å². The molecule has 0 aromatic carbocycles. The third-order valence-corrected chi connectivity index (χ3v) is 6.50. The van der Waals surface area contributed by atoms with Gasteiger partial charge in [-0.2, -0.15) is 0 Å². The molecule has 0 unspecified atom stereocenters. The zero-order valence-corrected chi connectivity index (χ0v) is 11.7. The second-order valence-electron chi connectivity index (χ2n) is 4.10. The molecular formula is C9H25N4P. The molecule has 0 aliphatic heterocycles. The Bertz CT molecular complexity index is 211. The lowest BCUT2D eigenvalue weighted by Gasteiger charge is -2.44. The average Bonchev–Trinajstić information content (AvgIpc) is 2.04. The van der Waals surface area contributed by atoms with Crippen molar-refractivity contribution in [2.24, 2.45) is 4.74 Å². The lowest BCUT2D eigenvalue weighted by atomic mass is 10.4. The summed E-state index contributed by atoms with van der Waals surface area (Å²) in [5.74, 6) is 0. The molecule has 5 heteroatoms. The van der Waals surface area contributed by atoms with Gasteiger partial charge in [-0.15, -0.1) is 0 Å². The second-order valence-corrected chi connectivity index (χ2v) is 7.80. The molecule has 0 fully saturated rings. The molecule has 0 aliphatic rings. The van der Waals surface area contributed by atoms with Crippen molar-refractivity contribution in [3.05, 3.63) is 0 Å². The van der Waals surface area contributed by atoms with Crippen molar-refractivity contribution < 1.29 is 0 Å². The summed E-state index contributed by atoms with van der Waals surface area (Å²) in [6, 6.07) is 0.497. The van der Waals surface area contributed by atoms with E-state index in [0.717, 1.165) is 0 Å². The van der Waals surface area contributed by atoms with Gasteiger partial charge in [-0.3, -0.25) is 14.1 Å². The van der Waals surface area contributed by atoms with Crippen molar-refractivity contribution in [3.63, 3.8) is 0 Å². The summed E-state index contributed by atoms with van der Waals surface area (Å²) in [4.78, 5) is 0. The van der Waals surface area contributed by atoms with Crippen LogP contribution in [0.2, 0.25) is 0 Å². The SMILES string of the molecule is CN=P(N(C)C)(N(C)C)N(C)C(C)C. The highest BCUT2D eigenvalue weighted by atomic mass is 31.2. The first kappa shape index (κ1) is 14.1. The molecular weight excluding hydrogens is 195 g/mol. The summed E-state index contributed by atoms with van der Waals surface area (Å²) in [6.07, 6.45) is 0. The highest BCUT2D eigenvalue weighted by Gasteiger charge is 2.31. The molecule has 0 spiro atoms. The minimum absolute atomic E-state index is 0.497. The van der Waals surface area contributed by atoms with Crippen LogP contribution in [0.25, 0.3) is 0 Å². The predicted molar refractivity (Wildman–Crippen MR) is 65.5 cm³/mol. The van der Waals surface area contributed by atoms with Crippen LogP contribution in [0, 0.1) is 0 Å². The van der Waals surface area contributed by atoms with Gasteiger partial charge in [0.25, 0.3) is 0 Å². The Hall–Kier alpha value is 0.110. The fraction of sp³-hybridized carbons (Fsp3) is 1.00. The molecule has 0 aliphatic carbocycles. The molecule has 4 nitrogen and oxygen atoms in total. The van der Waals surface area contributed by atoms with Crippen LogP contribution in [0.1, 0.15) is 13.8 Å². The second kappa shape index (κ2) is 5.26. The van der Waals surface area contributed by atoms with Gasteiger partial charge in [-0.05, 0) is 49.1 Å². The van der Waals surface area contributed by atoms with E-state index < -0.39 is 7.51 Å². The molecule has 0 amide bonds. The van der Waals surface area contributed by atoms with Crippen LogP contribution in [-0.2, 0) is 0 Å². The first-order chi connectivity index (χ1) is 6.30. The quantitative estimate of drug-likeness (QED) is 0.677. The molecule has 0 heterocycles. The Labute approximate surface area is 89.1 Å². The van der Waals surface area contributed by atoms with Crippen molar-refractivity contribution >= 4 is 7.51 Å². The summed E-state index contributed by atoms with van der Waals surface area (Å²) in [6.45, 7) is 4.40. The predicted octanol–water partition coefficient (Wildman–Crippen LogP) is 2.03. The third-order valence-electron chi connectivity index (χ3n) is 2.51. The smallest absolute Gasteiger partial charge is 0.166 e. The van der Waals surface area contributed by atoms with Crippen LogP contribution >= 0.6 is 7.51 Å². The Morgan fingerprint density at radius 1 is 0.929 bits per heavy atom. The van der Waals surface area contributed by atoms with E-state index in [2.05, 4.69) is 67.8 Å². The van der Waals surface area contributed by atoms with Gasteiger partial charge in [0.1, 0.15) is 0 Å². The highest BCUT2D eigenvalue weighted by molar-refractivity contribution is 7.59. The highest BCUT2D eigenvalue weighted by Crippen LogP contribution is 2.55. The summed E-state index contributed by atoms with van der Waals surface area (Å²) < 4.78 is 11.4. The first-order valence-corrected chi connectivity index (χ1v) is 6.50. The molecule has 0 aromatic rings. The van der Waals surface area contributed by atoms with E-state index in [1.165, 1.54) is 0 Å². The Morgan fingerprint density at radius 3 is 1.36 bits per heavy atom. The third kappa shape index (κ3) is 2.37. The van der Waals surface area contributed by atoms with E-state index in [0.29, 0.717) is 6.04 Å². The molecule has 0 radical (unpaired) electrons. The van der Waals surface area contributed by atoms with Crippen LogP contribution in [0.15, 0.2) is 4.74 Å². The molecule has 0 atom stereocenters. The van der Waals surface area contributed by atoms with E-state index in [-0.39, 0.29) is 0 Å². The van der Waals surface area contributed by atoms with Gasteiger partial charge in [-0.25, -0.2) is 4.67 Å². The molecule has 0 saturated carbocycles. The van der Waals surface area contributed by atoms with Crippen LogP contribution in [0.5, 0.6) is 0 Å². The fourth-order valence-electron chi connectivity index (χ4n) is 1.73. The van der Waals surface area contributed by atoms with Crippen LogP contribution < -0.4 is 0 Å². The van der Waals surface area contributed by atoms with E-state index in [4.69, 9.17) is 0 Å². The maximum atomic E-state index is 4.63. The van der Waals surface area contributed by atoms with Gasteiger partial charge in [0.2, 0.25) is 0 Å². The first-order valence-electron chi connectivity index (χ1n) is 4.90. The topological polar surface area (TPSA) is 22.1 Å². The van der Waals surface area contributed by atoms with Crippen molar-refractivity contribution in [1.29, 1.82) is 0 Å². The Balaban J connectivity index is 5.28. The Morgan fingerprint density at radius 2 is 1.29 bits per heavy atom. The number of rotatable bonds is 4. The zero-order chi connectivity index (χ0) is 11.5. The molecule has 0 aromatic heterocycles. The van der Waals surface area contributed by atoms with Crippen molar-refractivity contribution in [1.82, 2.24) is 14.0 Å². The minimum Gasteiger partial charge on any atom is -0.264 e. The van der Waals surface area contributed by atoms with E-state index in [9.17, 15) is 0 Å². The van der Waals surface area contributed by atoms with Gasteiger partial charge in [0.05, 0.1) is 0 Å². The lowest BCUT2D eigenvalue weighted by molar-refractivity contribution is 0.379. The standard InChI is InChI=1S/C9H25N4P/c1-9(2)13(8)14(10-3,11(4)5)12(6)7/h9H,1-8H3. The molecule has 0 saturated heterocycles. The summed E-state index contributed by atoms with van der Waals surface area (Å²) in [7, 11) is 10.8. The summed E-state index contributed by atoms with van der Waals surface area (Å²) in [5, 5.41) is 0. The van der Waals surface area contributed by atoms with Gasteiger partial charge in [0.15, 0.2) is 7.51 Å². The number of hydrogen-bond donors (Lipinski definition) is 0. The normalized spacial score (nSPS) is 13.4. The molecule has 0 N–H and O–H groups in total. The van der Waals surface area contributed by atoms with E-state index >= 15 is 0 Å². The maximum Gasteiger partial charge on any atom is 0.166 e. The largest absolute Gasteiger partial charge is 0.264 e. The van der Waals surface area contributed by atoms with E-state index in [1.54, 1.807) is 0 Å². The minimum atomic E-state index is -1.64. The zero-order valence-electron chi connectivity index (χ0n) is 10.8. The van der Waals surface area contributed by atoms with Crippen LogP contribution in [0.3, 0.4) is 0 Å². The molecule has 14 heavy (non-hydrogen) atoms. The van der Waals surface area contributed by atoms with Crippen molar-refractivity contribution in [2.75, 3.05) is 42.3 Å². The molecule has 86 valence electrons. The molecule has 0 bridgehead atoms. The maximum absolute atomic E-state index is 4.63. The van der Waals surface area contributed by atoms with Gasteiger partial charge >= 0.3 is 0 Å². The monoisotopic (exact) mass is 220 g/mol. The van der Waals surface area contributed by atoms with Crippen LogP contribution in [0.4, 0.5) is 0 Å². The van der Waals surface area contributed by atoms with Gasteiger partial charge in [-0.1, -0.05) is 0 Å². The lowest BCUT2D eigenvalue weighted by Crippen LogP contribution is -2.36. The summed E-state index contributed by atoms with van der Waals surface area (Å²) >= 11 is 0.